The molecule has 94 valence electrons. The van der Waals surface area contributed by atoms with Gasteiger partial charge in [0.15, 0.2) is 0 Å². The van der Waals surface area contributed by atoms with E-state index in [0.717, 1.165) is 19.4 Å². The minimum Gasteiger partial charge on any atom is -0.378 e. The second kappa shape index (κ2) is 6.77. The number of benzene rings is 1. The Morgan fingerprint density at radius 1 is 1.41 bits per heavy atom. The van der Waals surface area contributed by atoms with Crippen molar-refractivity contribution in [3.63, 3.8) is 0 Å². The Kier molecular flexibility index (Phi) is 5.33. The van der Waals surface area contributed by atoms with E-state index in [9.17, 15) is 0 Å². The van der Waals surface area contributed by atoms with E-state index in [-0.39, 0.29) is 0 Å². The van der Waals surface area contributed by atoms with E-state index in [1.807, 2.05) is 6.07 Å². The molecule has 2 rings (SSSR count). The van der Waals surface area contributed by atoms with Crippen LogP contribution in [0, 0.1) is 5.92 Å². The Hall–Kier alpha value is -0.0500. The van der Waals surface area contributed by atoms with Gasteiger partial charge in [0.25, 0.3) is 0 Å². The maximum absolute atomic E-state index is 6.08. The molecule has 17 heavy (non-hydrogen) atoms. The Morgan fingerprint density at radius 2 is 2.24 bits per heavy atom. The molecule has 0 aliphatic carbocycles. The fourth-order valence-electron chi connectivity index (χ4n) is 2.38. The molecule has 2 unspecified atom stereocenters. The lowest BCUT2D eigenvalue weighted by atomic mass is 9.94. The Balaban J connectivity index is 1.92. The molecule has 3 heteroatoms. The van der Waals surface area contributed by atoms with Crippen molar-refractivity contribution in [3.8, 4) is 0 Å². The molecule has 1 aliphatic heterocycles. The van der Waals surface area contributed by atoms with Crippen molar-refractivity contribution < 1.29 is 4.74 Å². The van der Waals surface area contributed by atoms with Gasteiger partial charge >= 0.3 is 0 Å². The maximum atomic E-state index is 6.08. The number of hydrogen-bond donors (Lipinski definition) is 0. The molecule has 0 aromatic heterocycles. The highest BCUT2D eigenvalue weighted by Crippen LogP contribution is 2.26. The van der Waals surface area contributed by atoms with E-state index in [4.69, 9.17) is 16.3 Å². The smallest absolute Gasteiger partial charge is 0.0579 e. The highest BCUT2D eigenvalue weighted by molar-refractivity contribution is 9.10. The minimum absolute atomic E-state index is 0.432. The van der Waals surface area contributed by atoms with Crippen LogP contribution in [0.4, 0.5) is 0 Å². The van der Waals surface area contributed by atoms with Gasteiger partial charge in [-0.05, 0) is 43.2 Å². The van der Waals surface area contributed by atoms with Crippen molar-refractivity contribution in [2.75, 3.05) is 12.5 Å². The summed E-state index contributed by atoms with van der Waals surface area (Å²) in [4.78, 5) is 0. The molecule has 0 radical (unpaired) electrons. The topological polar surface area (TPSA) is 9.23 Å². The lowest BCUT2D eigenvalue weighted by Gasteiger charge is -2.18. The van der Waals surface area contributed by atoms with Crippen LogP contribution < -0.4 is 0 Å². The third-order valence-electron chi connectivity index (χ3n) is 3.30. The normalized spacial score (nSPS) is 21.6. The molecular weight excluding hydrogens is 300 g/mol. The summed E-state index contributed by atoms with van der Waals surface area (Å²) in [7, 11) is 0. The number of alkyl halides is 1. The van der Waals surface area contributed by atoms with Crippen LogP contribution in [-0.2, 0) is 11.2 Å². The first kappa shape index (κ1) is 13.4. The molecule has 1 nitrogen and oxygen atoms in total. The molecule has 0 bridgehead atoms. The second-order valence-corrected chi connectivity index (χ2v) is 5.85. The van der Waals surface area contributed by atoms with Gasteiger partial charge < -0.3 is 4.74 Å². The molecule has 0 amide bonds. The van der Waals surface area contributed by atoms with Crippen molar-refractivity contribution in [2.45, 2.75) is 31.8 Å². The van der Waals surface area contributed by atoms with Crippen LogP contribution in [0.1, 0.15) is 24.8 Å². The van der Waals surface area contributed by atoms with Crippen LogP contribution in [-0.4, -0.2) is 18.6 Å². The van der Waals surface area contributed by atoms with Crippen LogP contribution in [0.15, 0.2) is 28.7 Å². The van der Waals surface area contributed by atoms with E-state index in [1.165, 1.54) is 22.9 Å². The number of ether oxygens (including phenoxy) is 1. The number of halogens is 2. The summed E-state index contributed by atoms with van der Waals surface area (Å²) in [6.45, 7) is 0.925. The van der Waals surface area contributed by atoms with Gasteiger partial charge in [-0.25, -0.2) is 0 Å². The van der Waals surface area contributed by atoms with E-state index in [1.54, 1.807) is 0 Å². The fraction of sp³-hybridized carbons (Fsp3) is 0.571. The monoisotopic (exact) mass is 316 g/mol. The SMILES string of the molecule is ClCC(Cc1ccccc1Br)CC1CCCO1. The van der Waals surface area contributed by atoms with Crippen molar-refractivity contribution in [3.05, 3.63) is 34.3 Å². The molecule has 0 N–H and O–H groups in total. The Morgan fingerprint density at radius 3 is 2.88 bits per heavy atom. The summed E-state index contributed by atoms with van der Waals surface area (Å²) in [5, 5.41) is 0. The molecule has 1 saturated heterocycles. The van der Waals surface area contributed by atoms with Gasteiger partial charge in [0.1, 0.15) is 0 Å². The molecule has 1 aromatic rings. The van der Waals surface area contributed by atoms with Crippen LogP contribution in [0.25, 0.3) is 0 Å². The van der Waals surface area contributed by atoms with Crippen LogP contribution in [0.3, 0.4) is 0 Å². The van der Waals surface area contributed by atoms with Gasteiger partial charge in [-0.2, -0.15) is 0 Å². The lowest BCUT2D eigenvalue weighted by molar-refractivity contribution is 0.0922. The van der Waals surface area contributed by atoms with Crippen LogP contribution in [0.5, 0.6) is 0 Å². The van der Waals surface area contributed by atoms with Crippen LogP contribution >= 0.6 is 27.5 Å². The molecule has 0 spiro atoms. The van der Waals surface area contributed by atoms with E-state index in [2.05, 4.69) is 34.1 Å². The average molecular weight is 318 g/mol. The number of rotatable bonds is 5. The van der Waals surface area contributed by atoms with Crippen molar-refractivity contribution >= 4 is 27.5 Å². The third-order valence-corrected chi connectivity index (χ3v) is 4.51. The lowest BCUT2D eigenvalue weighted by Crippen LogP contribution is -2.16. The Labute approximate surface area is 117 Å². The van der Waals surface area contributed by atoms with Gasteiger partial charge in [0.05, 0.1) is 6.10 Å². The first-order chi connectivity index (χ1) is 8.29. The summed E-state index contributed by atoms with van der Waals surface area (Å²) >= 11 is 9.67. The molecular formula is C14H18BrClO. The highest BCUT2D eigenvalue weighted by atomic mass is 79.9. The molecule has 2 atom stereocenters. The standard InChI is InChI=1S/C14H18BrClO/c15-14-6-2-1-4-12(14)8-11(10-16)9-13-5-3-7-17-13/h1-2,4,6,11,13H,3,5,7-10H2. The quantitative estimate of drug-likeness (QED) is 0.731. The highest BCUT2D eigenvalue weighted by Gasteiger charge is 2.21. The predicted molar refractivity (Wildman–Crippen MR) is 75.6 cm³/mol. The van der Waals surface area contributed by atoms with E-state index in [0.29, 0.717) is 17.9 Å². The summed E-state index contributed by atoms with van der Waals surface area (Å²) < 4.78 is 6.87. The zero-order valence-electron chi connectivity index (χ0n) is 9.87. The van der Waals surface area contributed by atoms with Crippen molar-refractivity contribution in [2.24, 2.45) is 5.92 Å². The zero-order chi connectivity index (χ0) is 12.1. The van der Waals surface area contributed by atoms with Gasteiger partial charge in [-0.1, -0.05) is 34.1 Å². The molecule has 1 fully saturated rings. The molecule has 0 saturated carbocycles. The largest absolute Gasteiger partial charge is 0.378 e. The maximum Gasteiger partial charge on any atom is 0.0579 e. The first-order valence-corrected chi connectivity index (χ1v) is 7.53. The first-order valence-electron chi connectivity index (χ1n) is 6.20. The molecule has 1 heterocycles. The van der Waals surface area contributed by atoms with Crippen molar-refractivity contribution in [1.82, 2.24) is 0 Å². The van der Waals surface area contributed by atoms with Gasteiger partial charge in [-0.15, -0.1) is 11.6 Å². The second-order valence-electron chi connectivity index (χ2n) is 4.69. The summed E-state index contributed by atoms with van der Waals surface area (Å²) in [5.74, 6) is 1.22. The molecule has 1 aliphatic rings. The Bertz CT molecular complexity index is 350. The van der Waals surface area contributed by atoms with Gasteiger partial charge in [0, 0.05) is 17.0 Å². The van der Waals surface area contributed by atoms with E-state index >= 15 is 0 Å². The van der Waals surface area contributed by atoms with Crippen LogP contribution in [0.2, 0.25) is 0 Å². The minimum atomic E-state index is 0.432. The number of hydrogen-bond acceptors (Lipinski definition) is 1. The summed E-state index contributed by atoms with van der Waals surface area (Å²) in [6, 6.07) is 8.38. The molecule has 1 aromatic carbocycles. The summed E-state index contributed by atoms with van der Waals surface area (Å²) in [6.07, 6.45) is 4.95. The third kappa shape index (κ3) is 3.97. The average Bonchev–Trinajstić information content (AvgIpc) is 2.84. The van der Waals surface area contributed by atoms with Crippen molar-refractivity contribution in [1.29, 1.82) is 0 Å². The van der Waals surface area contributed by atoms with Gasteiger partial charge in [-0.3, -0.25) is 0 Å². The predicted octanol–water partition coefficient (Wildman–Crippen LogP) is 4.42. The fourth-order valence-corrected chi connectivity index (χ4v) is 3.06. The zero-order valence-corrected chi connectivity index (χ0v) is 12.2. The van der Waals surface area contributed by atoms with Gasteiger partial charge in [0.2, 0.25) is 0 Å². The summed E-state index contributed by atoms with van der Waals surface area (Å²) in [5.41, 5.74) is 1.34. The van der Waals surface area contributed by atoms with E-state index < -0.39 is 0 Å².